The highest BCUT2D eigenvalue weighted by Crippen LogP contribution is 2.33. The third kappa shape index (κ3) is 3.56. The van der Waals surface area contributed by atoms with E-state index in [1.165, 1.54) is 3.97 Å². The van der Waals surface area contributed by atoms with Crippen LogP contribution in [0.25, 0.3) is 21.7 Å². The fourth-order valence-electron chi connectivity index (χ4n) is 3.81. The summed E-state index contributed by atoms with van der Waals surface area (Å²) in [6.07, 6.45) is 1.57. The van der Waals surface area contributed by atoms with Crippen molar-refractivity contribution in [2.75, 3.05) is 19.0 Å². The quantitative estimate of drug-likeness (QED) is 0.276. The molecule has 0 radical (unpaired) electrons. The molecule has 1 aromatic heterocycles. The van der Waals surface area contributed by atoms with Crippen LogP contribution in [0.3, 0.4) is 0 Å². The fraction of sp³-hybridized carbons (Fsp3) is 0.130. The average Bonchev–Trinajstić information content (AvgIpc) is 3.17. The van der Waals surface area contributed by atoms with E-state index in [1.807, 2.05) is 55.4 Å². The minimum Gasteiger partial charge on any atom is -0.377 e. The smallest absolute Gasteiger partial charge is 0.268 e. The summed E-state index contributed by atoms with van der Waals surface area (Å²) in [5, 5.41) is 9.99. The van der Waals surface area contributed by atoms with Crippen molar-refractivity contribution in [2.45, 2.75) is 11.8 Å². The van der Waals surface area contributed by atoms with E-state index in [0.717, 1.165) is 16.5 Å². The highest BCUT2D eigenvalue weighted by atomic mass is 32.2. The molecule has 32 heavy (non-hydrogen) atoms. The van der Waals surface area contributed by atoms with Crippen LogP contribution in [-0.2, 0) is 10.0 Å². The number of benzene rings is 3. The second kappa shape index (κ2) is 8.01. The van der Waals surface area contributed by atoms with Gasteiger partial charge in [-0.3, -0.25) is 0 Å². The largest absolute Gasteiger partial charge is 0.377 e. The molecule has 164 valence electrons. The second-order valence-electron chi connectivity index (χ2n) is 7.59. The van der Waals surface area contributed by atoms with Crippen molar-refractivity contribution in [3.8, 4) is 0 Å². The number of guanidine groups is 1. The van der Waals surface area contributed by atoms with E-state index < -0.39 is 10.0 Å². The lowest BCUT2D eigenvalue weighted by Gasteiger charge is -2.17. The summed E-state index contributed by atoms with van der Waals surface area (Å²) in [4.78, 5) is 2.19. The van der Waals surface area contributed by atoms with E-state index in [0.29, 0.717) is 22.2 Å². The minimum atomic E-state index is -3.92. The van der Waals surface area contributed by atoms with Crippen LogP contribution >= 0.6 is 0 Å². The molecule has 4 aromatic rings. The van der Waals surface area contributed by atoms with Gasteiger partial charge in [-0.05, 0) is 25.1 Å². The number of nitrogens with zero attached hydrogens (tertiary/aromatic N) is 4. The van der Waals surface area contributed by atoms with Crippen molar-refractivity contribution in [3.05, 3.63) is 72.4 Å². The summed E-state index contributed by atoms with van der Waals surface area (Å²) < 4.78 is 29.1. The van der Waals surface area contributed by atoms with Crippen LogP contribution in [0.5, 0.6) is 0 Å². The van der Waals surface area contributed by atoms with Gasteiger partial charge in [-0.15, -0.1) is 5.10 Å². The van der Waals surface area contributed by atoms with E-state index >= 15 is 0 Å². The van der Waals surface area contributed by atoms with Gasteiger partial charge in [0.2, 0.25) is 5.96 Å². The van der Waals surface area contributed by atoms with Gasteiger partial charge in [-0.2, -0.15) is 5.10 Å². The van der Waals surface area contributed by atoms with E-state index in [1.54, 1.807) is 37.4 Å². The fourth-order valence-corrected chi connectivity index (χ4v) is 5.39. The number of para-hydroxylation sites is 1. The maximum absolute atomic E-state index is 13.9. The Morgan fingerprint density at radius 2 is 1.53 bits per heavy atom. The van der Waals surface area contributed by atoms with Crippen LogP contribution in [0.2, 0.25) is 0 Å². The molecule has 0 unspecified atom stereocenters. The molecular weight excluding hydrogens is 424 g/mol. The van der Waals surface area contributed by atoms with Crippen molar-refractivity contribution in [3.63, 3.8) is 0 Å². The molecule has 0 aliphatic heterocycles. The van der Waals surface area contributed by atoms with Crippen LogP contribution in [0.15, 0.2) is 82.0 Å². The van der Waals surface area contributed by atoms with Gasteiger partial charge in [-0.25, -0.2) is 12.4 Å². The first-order valence-corrected chi connectivity index (χ1v) is 11.3. The summed E-state index contributed by atoms with van der Waals surface area (Å²) in [5.74, 6) is -0.173. The van der Waals surface area contributed by atoms with Crippen LogP contribution in [0, 0.1) is 0 Å². The van der Waals surface area contributed by atoms with Crippen LogP contribution in [0.4, 0.5) is 5.69 Å². The lowest BCUT2D eigenvalue weighted by atomic mass is 10.1. The SMILES string of the molecule is CC(=NN=C(N)N)c1cn(S(=O)(=O)c2cccc3c(N(C)C)cccc23)c2ccccc12. The van der Waals surface area contributed by atoms with Gasteiger partial charge in [0.1, 0.15) is 0 Å². The highest BCUT2D eigenvalue weighted by Gasteiger charge is 2.24. The zero-order valence-electron chi connectivity index (χ0n) is 18.0. The van der Waals surface area contributed by atoms with Gasteiger partial charge >= 0.3 is 0 Å². The van der Waals surface area contributed by atoms with Gasteiger partial charge in [-0.1, -0.05) is 42.5 Å². The van der Waals surface area contributed by atoms with E-state index in [4.69, 9.17) is 11.5 Å². The average molecular weight is 449 g/mol. The summed E-state index contributed by atoms with van der Waals surface area (Å²) in [6, 6.07) is 18.2. The lowest BCUT2D eigenvalue weighted by molar-refractivity contribution is 0.590. The van der Waals surface area contributed by atoms with E-state index in [2.05, 4.69) is 10.2 Å². The monoisotopic (exact) mass is 448 g/mol. The van der Waals surface area contributed by atoms with Crippen LogP contribution < -0.4 is 16.4 Å². The van der Waals surface area contributed by atoms with Gasteiger partial charge < -0.3 is 16.4 Å². The second-order valence-corrected chi connectivity index (χ2v) is 9.38. The third-order valence-corrected chi connectivity index (χ3v) is 6.99. The zero-order valence-corrected chi connectivity index (χ0v) is 18.8. The van der Waals surface area contributed by atoms with Gasteiger partial charge in [0.25, 0.3) is 10.0 Å². The third-order valence-electron chi connectivity index (χ3n) is 5.26. The van der Waals surface area contributed by atoms with E-state index in [9.17, 15) is 8.42 Å². The summed E-state index contributed by atoms with van der Waals surface area (Å²) in [7, 11) is -0.0588. The molecule has 0 amide bonds. The minimum absolute atomic E-state index is 0.173. The van der Waals surface area contributed by atoms with Gasteiger partial charge in [0.15, 0.2) is 0 Å². The Morgan fingerprint density at radius 1 is 0.875 bits per heavy atom. The van der Waals surface area contributed by atoms with Crippen molar-refractivity contribution in [2.24, 2.45) is 21.7 Å². The van der Waals surface area contributed by atoms with Crippen molar-refractivity contribution in [1.29, 1.82) is 0 Å². The summed E-state index contributed by atoms with van der Waals surface area (Å²) >= 11 is 0. The maximum atomic E-state index is 13.9. The summed E-state index contributed by atoms with van der Waals surface area (Å²) in [5.41, 5.74) is 13.4. The first-order chi connectivity index (χ1) is 15.2. The first-order valence-electron chi connectivity index (χ1n) is 9.90. The van der Waals surface area contributed by atoms with Crippen molar-refractivity contribution in [1.82, 2.24) is 3.97 Å². The van der Waals surface area contributed by atoms with Gasteiger partial charge in [0, 0.05) is 47.7 Å². The Kier molecular flexibility index (Phi) is 5.35. The molecule has 1 heterocycles. The molecule has 0 aliphatic rings. The lowest BCUT2D eigenvalue weighted by Crippen LogP contribution is -2.22. The molecule has 0 saturated heterocycles. The Balaban J connectivity index is 1.99. The number of nitrogens with two attached hydrogens (primary N) is 2. The zero-order chi connectivity index (χ0) is 23.0. The molecule has 0 atom stereocenters. The standard InChI is InChI=1S/C23H24N6O2S/c1-15(26-27-23(24)25)19-14-29(21-11-5-4-8-17(19)21)32(30,31)22-13-7-9-16-18(22)10-6-12-20(16)28(2)3/h4-14H,1-3H3,(H4,24,25,27). The molecule has 8 nitrogen and oxygen atoms in total. The molecule has 0 saturated carbocycles. The Labute approximate surface area is 186 Å². The predicted molar refractivity (Wildman–Crippen MR) is 131 cm³/mol. The van der Waals surface area contributed by atoms with E-state index in [-0.39, 0.29) is 10.9 Å². The number of fused-ring (bicyclic) bond motifs is 2. The number of rotatable bonds is 5. The normalized spacial score (nSPS) is 12.3. The Hall–Kier alpha value is -3.85. The van der Waals surface area contributed by atoms with Crippen LogP contribution in [-0.4, -0.2) is 38.2 Å². The molecule has 0 spiro atoms. The molecule has 3 aromatic carbocycles. The Bertz CT molecular complexity index is 1500. The molecule has 4 N–H and O–H groups in total. The topological polar surface area (TPSA) is 119 Å². The number of hydrogen-bond acceptors (Lipinski definition) is 5. The molecular formula is C23H24N6O2S. The predicted octanol–water partition coefficient (Wildman–Crippen LogP) is 3.09. The maximum Gasteiger partial charge on any atom is 0.268 e. The Morgan fingerprint density at radius 3 is 2.25 bits per heavy atom. The molecule has 0 fully saturated rings. The number of aromatic nitrogens is 1. The van der Waals surface area contributed by atoms with Crippen molar-refractivity contribution >= 4 is 49.1 Å². The molecule has 0 aliphatic carbocycles. The molecule has 0 bridgehead atoms. The van der Waals surface area contributed by atoms with Gasteiger partial charge in [0.05, 0.1) is 16.1 Å². The number of hydrogen-bond donors (Lipinski definition) is 2. The molecule has 4 rings (SSSR count). The summed E-state index contributed by atoms with van der Waals surface area (Å²) in [6.45, 7) is 1.73. The first kappa shape index (κ1) is 21.4. The van der Waals surface area contributed by atoms with Crippen molar-refractivity contribution < 1.29 is 8.42 Å². The highest BCUT2D eigenvalue weighted by molar-refractivity contribution is 7.90. The van der Waals surface area contributed by atoms with Crippen LogP contribution in [0.1, 0.15) is 12.5 Å². The molecule has 9 heteroatoms. The number of anilines is 1.